The Bertz CT molecular complexity index is 646. The van der Waals surface area contributed by atoms with Gasteiger partial charge in [0.15, 0.2) is 0 Å². The third-order valence-corrected chi connectivity index (χ3v) is 8.74. The monoisotopic (exact) mass is 465 g/mol. The summed E-state index contributed by atoms with van der Waals surface area (Å²) in [4.78, 5) is 27.4. The predicted octanol–water partition coefficient (Wildman–Crippen LogP) is 4.28. The second-order valence-corrected chi connectivity index (χ2v) is 9.13. The summed E-state index contributed by atoms with van der Waals surface area (Å²) in [5.41, 5.74) is 0.471. The number of carbonyl (C=O) groups excluding carboxylic acids is 2. The van der Waals surface area contributed by atoms with E-state index in [0.717, 1.165) is 6.42 Å². The maximum Gasteiger partial charge on any atom is 0.238 e. The van der Waals surface area contributed by atoms with Crippen LogP contribution in [0.2, 0.25) is 10.0 Å². The highest BCUT2D eigenvalue weighted by molar-refractivity contribution is 9.12. The number of anilines is 1. The molecule has 1 aromatic carbocycles. The van der Waals surface area contributed by atoms with Crippen LogP contribution in [0.1, 0.15) is 6.42 Å². The van der Waals surface area contributed by atoms with E-state index in [1.165, 1.54) is 4.90 Å². The fraction of sp³-hybridized carbons (Fsp3) is 0.467. The molecule has 6 atom stereocenters. The van der Waals surface area contributed by atoms with Crippen molar-refractivity contribution in [3.63, 3.8) is 0 Å². The molecule has 116 valence electrons. The number of hydrogen-bond acceptors (Lipinski definition) is 2. The van der Waals surface area contributed by atoms with Crippen molar-refractivity contribution in [3.8, 4) is 0 Å². The van der Waals surface area contributed by atoms with Gasteiger partial charge in [0, 0.05) is 19.7 Å². The Morgan fingerprint density at radius 3 is 1.82 bits per heavy atom. The van der Waals surface area contributed by atoms with Gasteiger partial charge in [0.1, 0.15) is 0 Å². The van der Waals surface area contributed by atoms with Gasteiger partial charge in [0.05, 0.1) is 17.5 Å². The molecule has 0 spiro atoms. The Morgan fingerprint density at radius 2 is 1.36 bits per heavy atom. The Hall–Kier alpha value is -0.100. The Morgan fingerprint density at radius 1 is 0.909 bits per heavy atom. The first-order valence-corrected chi connectivity index (χ1v) is 9.61. The highest BCUT2D eigenvalue weighted by Gasteiger charge is 2.66. The van der Waals surface area contributed by atoms with Crippen LogP contribution < -0.4 is 4.90 Å². The number of fused-ring (bicyclic) bond motifs is 5. The number of carbonyl (C=O) groups is 2. The molecule has 2 bridgehead atoms. The van der Waals surface area contributed by atoms with Gasteiger partial charge in [-0.25, -0.2) is 4.90 Å². The standard InChI is InChI=1S/C15H11Br2Cl2NO2/c16-12-8-4-9(13(12)17)11-10(8)14(21)20(15(11)22)7-2-5(18)1-6(19)3-7/h1-3,8-13H,4H2/t8-,9-,10-,11-,12-,13+/m0/s1. The molecule has 1 aliphatic heterocycles. The van der Waals surface area contributed by atoms with E-state index < -0.39 is 0 Å². The molecule has 22 heavy (non-hydrogen) atoms. The van der Waals surface area contributed by atoms with E-state index in [2.05, 4.69) is 31.9 Å². The molecule has 3 fully saturated rings. The van der Waals surface area contributed by atoms with Crippen molar-refractivity contribution in [2.75, 3.05) is 4.90 Å². The summed E-state index contributed by atoms with van der Waals surface area (Å²) >= 11 is 19.4. The number of benzene rings is 1. The zero-order valence-electron chi connectivity index (χ0n) is 11.2. The first-order valence-electron chi connectivity index (χ1n) is 7.02. The molecule has 2 aliphatic carbocycles. The zero-order valence-corrected chi connectivity index (χ0v) is 15.9. The number of imide groups is 1. The molecule has 1 saturated heterocycles. The molecule has 0 unspecified atom stereocenters. The second-order valence-electron chi connectivity index (χ2n) is 6.14. The maximum atomic E-state index is 12.8. The van der Waals surface area contributed by atoms with Crippen molar-refractivity contribution < 1.29 is 9.59 Å². The van der Waals surface area contributed by atoms with Crippen molar-refractivity contribution in [1.29, 1.82) is 0 Å². The first-order chi connectivity index (χ1) is 10.4. The van der Waals surface area contributed by atoms with E-state index in [-0.39, 0.29) is 45.1 Å². The van der Waals surface area contributed by atoms with Crippen LogP contribution in [0.25, 0.3) is 0 Å². The minimum Gasteiger partial charge on any atom is -0.274 e. The predicted molar refractivity (Wildman–Crippen MR) is 93.0 cm³/mol. The second kappa shape index (κ2) is 5.20. The maximum absolute atomic E-state index is 12.8. The van der Waals surface area contributed by atoms with E-state index in [9.17, 15) is 9.59 Å². The Labute approximate surface area is 154 Å². The quantitative estimate of drug-likeness (QED) is 0.457. The minimum atomic E-state index is -0.228. The van der Waals surface area contributed by atoms with Gasteiger partial charge in [-0.3, -0.25) is 9.59 Å². The largest absolute Gasteiger partial charge is 0.274 e. The lowest BCUT2D eigenvalue weighted by atomic mass is 9.81. The van der Waals surface area contributed by atoms with Gasteiger partial charge in [-0.2, -0.15) is 0 Å². The topological polar surface area (TPSA) is 37.4 Å². The number of hydrogen-bond donors (Lipinski definition) is 0. The Kier molecular flexibility index (Phi) is 3.65. The van der Waals surface area contributed by atoms with Gasteiger partial charge < -0.3 is 0 Å². The average Bonchev–Trinajstić information content (AvgIpc) is 3.03. The van der Waals surface area contributed by atoms with Crippen LogP contribution >= 0.6 is 55.1 Å². The van der Waals surface area contributed by atoms with E-state index in [4.69, 9.17) is 23.2 Å². The number of alkyl halides is 2. The van der Waals surface area contributed by atoms with E-state index >= 15 is 0 Å². The molecule has 0 N–H and O–H groups in total. The van der Waals surface area contributed by atoms with Crippen molar-refractivity contribution in [3.05, 3.63) is 28.2 Å². The van der Waals surface area contributed by atoms with Crippen molar-refractivity contribution in [1.82, 2.24) is 0 Å². The fourth-order valence-corrected chi connectivity index (χ4v) is 6.66. The normalized spacial score (nSPS) is 39.7. The van der Waals surface area contributed by atoms with Gasteiger partial charge in [-0.05, 0) is 36.5 Å². The van der Waals surface area contributed by atoms with Gasteiger partial charge in [-0.1, -0.05) is 55.1 Å². The van der Waals surface area contributed by atoms with Crippen LogP contribution in [0, 0.1) is 23.7 Å². The number of nitrogens with zero attached hydrogens (tertiary/aromatic N) is 1. The molecule has 1 heterocycles. The number of amides is 2. The summed E-state index contributed by atoms with van der Waals surface area (Å²) in [7, 11) is 0. The van der Waals surface area contributed by atoms with E-state index in [1.807, 2.05) is 0 Å². The summed E-state index contributed by atoms with van der Waals surface area (Å²) < 4.78 is 0. The summed E-state index contributed by atoms with van der Waals surface area (Å²) in [6.07, 6.45) is 0.919. The van der Waals surface area contributed by atoms with E-state index in [0.29, 0.717) is 15.7 Å². The average molecular weight is 468 g/mol. The zero-order chi connectivity index (χ0) is 15.8. The molecule has 3 nitrogen and oxygen atoms in total. The summed E-state index contributed by atoms with van der Waals surface area (Å²) in [5.74, 6) is -0.290. The van der Waals surface area contributed by atoms with Crippen molar-refractivity contribution in [2.24, 2.45) is 23.7 Å². The molecule has 2 amide bonds. The summed E-state index contributed by atoms with van der Waals surface area (Å²) in [5, 5.41) is 0.833. The molecule has 4 rings (SSSR count). The Balaban J connectivity index is 1.76. The molecule has 0 aromatic heterocycles. The number of halogens is 4. The lowest BCUT2D eigenvalue weighted by molar-refractivity contribution is -0.123. The summed E-state index contributed by atoms with van der Waals surface area (Å²) in [6.45, 7) is 0. The summed E-state index contributed by atoms with van der Waals surface area (Å²) in [6, 6.07) is 4.82. The fourth-order valence-electron chi connectivity index (χ4n) is 4.27. The molecule has 2 saturated carbocycles. The lowest BCUT2D eigenvalue weighted by Gasteiger charge is -2.28. The van der Waals surface area contributed by atoms with Crippen LogP contribution in [-0.4, -0.2) is 21.5 Å². The van der Waals surface area contributed by atoms with Crippen LogP contribution in [0.4, 0.5) is 5.69 Å². The minimum absolute atomic E-state index is 0.121. The van der Waals surface area contributed by atoms with Crippen molar-refractivity contribution in [2.45, 2.75) is 16.1 Å². The van der Waals surface area contributed by atoms with Gasteiger partial charge in [0.25, 0.3) is 0 Å². The van der Waals surface area contributed by atoms with Crippen molar-refractivity contribution >= 4 is 72.6 Å². The van der Waals surface area contributed by atoms with Gasteiger partial charge in [0.2, 0.25) is 11.8 Å². The third-order valence-electron chi connectivity index (χ3n) is 5.09. The van der Waals surface area contributed by atoms with Crippen LogP contribution in [0.5, 0.6) is 0 Å². The first kappa shape index (κ1) is 15.4. The van der Waals surface area contributed by atoms with Gasteiger partial charge >= 0.3 is 0 Å². The molecule has 0 radical (unpaired) electrons. The van der Waals surface area contributed by atoms with Crippen LogP contribution in [0.3, 0.4) is 0 Å². The lowest BCUT2D eigenvalue weighted by Crippen LogP contribution is -2.37. The molecule has 7 heteroatoms. The molecular formula is C15H11Br2Cl2NO2. The highest BCUT2D eigenvalue weighted by atomic mass is 79.9. The van der Waals surface area contributed by atoms with Crippen LogP contribution in [0.15, 0.2) is 18.2 Å². The molecule has 1 aromatic rings. The third kappa shape index (κ3) is 1.98. The van der Waals surface area contributed by atoms with E-state index in [1.54, 1.807) is 18.2 Å². The van der Waals surface area contributed by atoms with Crippen LogP contribution in [-0.2, 0) is 9.59 Å². The molecular weight excluding hydrogens is 457 g/mol. The SMILES string of the molecule is O=C1[C@H]2[C@@H]3C[C@H]([C@@H](Br)[C@H]3Br)[C@@H]2C(=O)N1c1cc(Cl)cc(Cl)c1. The number of rotatable bonds is 1. The molecule has 3 aliphatic rings. The smallest absolute Gasteiger partial charge is 0.238 e. The van der Waals surface area contributed by atoms with Gasteiger partial charge in [-0.15, -0.1) is 0 Å². The highest BCUT2D eigenvalue weighted by Crippen LogP contribution is 2.60.